The van der Waals surface area contributed by atoms with Crippen molar-refractivity contribution in [3.05, 3.63) is 0 Å². The first-order valence-electron chi connectivity index (χ1n) is 0.228. The van der Waals surface area contributed by atoms with Crippen molar-refractivity contribution in [3.8, 4) is 0 Å². The Kier molecular flexibility index (Phi) is 52.2. The van der Waals surface area contributed by atoms with Crippen molar-refractivity contribution in [2.75, 3.05) is 0 Å². The Balaban J connectivity index is -0.0000000200. The molecule has 0 aromatic rings. The molecule has 0 aromatic carbocycles. The Morgan fingerprint density at radius 3 is 1.20 bits per heavy atom. The Bertz CT molecular complexity index is 6.85. The maximum Gasteiger partial charge on any atom is 0 e. The fourth-order valence-corrected chi connectivity index (χ4v) is 0. The molecular weight excluding hydrogens is 276 g/mol. The molecule has 0 saturated carbocycles. The van der Waals surface area contributed by atoms with Gasteiger partial charge in [-0.3, -0.25) is 0 Å². The molecule has 0 aromatic heterocycles. The summed E-state index contributed by atoms with van der Waals surface area (Å²) in [5.41, 5.74) is 0. The minimum absolute atomic E-state index is 0. The van der Waals surface area contributed by atoms with Crippen molar-refractivity contribution in [1.29, 1.82) is 0 Å². The van der Waals surface area contributed by atoms with E-state index in [2.05, 4.69) is 20.2 Å². The largest absolute Gasteiger partial charge is 0 e. The average molecular weight is 277 g/mol. The summed E-state index contributed by atoms with van der Waals surface area (Å²) in [7, 11) is 9.34. The Hall–Kier alpha value is 2.05. The second-order valence-corrected chi connectivity index (χ2v) is 1.60. The van der Waals surface area contributed by atoms with Gasteiger partial charge in [0.1, 0.15) is 0 Å². The van der Waals surface area contributed by atoms with Gasteiger partial charge in [0.2, 0.25) is 0 Å². The number of hydrogen-bond donors (Lipinski definition) is 0. The van der Waals surface area contributed by atoms with Gasteiger partial charge in [-0.25, -0.2) is 0 Å². The number of halogens is 3. The molecule has 0 aliphatic rings. The van der Waals surface area contributed by atoms with Gasteiger partial charge in [0.15, 0.2) is 0 Å². The predicted octanol–water partition coefficient (Wildman–Crippen LogP) is 1.80. The van der Waals surface area contributed by atoms with E-state index in [9.17, 15) is 0 Å². The van der Waals surface area contributed by atoms with Crippen molar-refractivity contribution in [2.24, 2.45) is 0 Å². The Labute approximate surface area is 65.6 Å². The summed E-state index contributed by atoms with van der Waals surface area (Å²) in [6.45, 7) is 0. The summed E-state index contributed by atoms with van der Waals surface area (Å²) >= 11 is 0.757. The number of rotatable bonds is 0. The van der Waals surface area contributed by atoms with Gasteiger partial charge in [-0.2, -0.15) is 0 Å². The smallest absolute Gasteiger partial charge is 0 e. The molecular formula is HCl3CuPd. The predicted molar refractivity (Wildman–Crippen MR) is 19.0 cm³/mol. The molecule has 0 amide bonds. The van der Waals surface area contributed by atoms with Gasteiger partial charge in [0, 0.05) is 20.4 Å². The van der Waals surface area contributed by atoms with Gasteiger partial charge in [-0.1, -0.05) is 0 Å². The van der Waals surface area contributed by atoms with E-state index in [-0.39, 0.29) is 32.8 Å². The standard InChI is InChI=1S/3ClH.Cu.Pd/h3*1H;;/q;;;+2;/p-2. The van der Waals surface area contributed by atoms with Crippen LogP contribution in [0.2, 0.25) is 0 Å². The summed E-state index contributed by atoms with van der Waals surface area (Å²) in [6, 6.07) is 0. The summed E-state index contributed by atoms with van der Waals surface area (Å²) in [6.07, 6.45) is 0. The summed E-state index contributed by atoms with van der Waals surface area (Å²) < 4.78 is 0. The molecule has 0 unspecified atom stereocenters. The molecule has 43 valence electrons. The third-order valence-corrected chi connectivity index (χ3v) is 0. The van der Waals surface area contributed by atoms with Gasteiger partial charge in [0.05, 0.1) is 0 Å². The molecule has 5 heavy (non-hydrogen) atoms. The van der Waals surface area contributed by atoms with E-state index in [1.807, 2.05) is 0 Å². The van der Waals surface area contributed by atoms with E-state index in [4.69, 9.17) is 0 Å². The Morgan fingerprint density at radius 1 is 1.20 bits per heavy atom. The summed E-state index contributed by atoms with van der Waals surface area (Å²) in [5, 5.41) is 0. The third kappa shape index (κ3) is 23.6. The van der Waals surface area contributed by atoms with Crippen LogP contribution in [0.5, 0.6) is 0 Å². The van der Waals surface area contributed by atoms with E-state index in [0.29, 0.717) is 0 Å². The zero-order chi connectivity index (χ0) is 2.71. The first-order valence-corrected chi connectivity index (χ1v) is 2.82. The van der Waals surface area contributed by atoms with Crippen LogP contribution < -0.4 is 0 Å². The zero-order valence-electron chi connectivity index (χ0n) is 1.78. The van der Waals surface area contributed by atoms with E-state index < -0.39 is 0 Å². The fraction of sp³-hybridized carbons (Fsp3) is 0. The van der Waals surface area contributed by atoms with Gasteiger partial charge >= 0.3 is 33.3 Å². The van der Waals surface area contributed by atoms with E-state index in [0.717, 1.165) is 13.1 Å². The molecule has 0 aliphatic carbocycles. The summed E-state index contributed by atoms with van der Waals surface area (Å²) in [4.78, 5) is 0. The van der Waals surface area contributed by atoms with Gasteiger partial charge < -0.3 is 0 Å². The topological polar surface area (TPSA) is 0 Å². The van der Waals surface area contributed by atoms with Crippen molar-refractivity contribution < 1.29 is 33.6 Å². The van der Waals surface area contributed by atoms with Gasteiger partial charge in [-0.05, 0) is 0 Å². The molecule has 0 bridgehead atoms. The number of hydrogen-bond acceptors (Lipinski definition) is 0. The molecule has 0 spiro atoms. The molecule has 5 heteroatoms. The van der Waals surface area contributed by atoms with Crippen LogP contribution in [-0.4, -0.2) is 0 Å². The first-order chi connectivity index (χ1) is 1.41. The molecule has 0 nitrogen and oxygen atoms in total. The normalized spacial score (nSPS) is 4.40. The quantitative estimate of drug-likeness (QED) is 0.592. The van der Waals surface area contributed by atoms with Crippen molar-refractivity contribution in [3.63, 3.8) is 0 Å². The molecule has 0 saturated heterocycles. The van der Waals surface area contributed by atoms with Gasteiger partial charge in [-0.15, -0.1) is 12.4 Å². The SMILES string of the molecule is Cl.[Cl][Cu][Cl].[Pd]. The van der Waals surface area contributed by atoms with E-state index >= 15 is 0 Å². The third-order valence-electron chi connectivity index (χ3n) is 0. The summed E-state index contributed by atoms with van der Waals surface area (Å²) in [5.74, 6) is 0. The van der Waals surface area contributed by atoms with Crippen LogP contribution in [0.15, 0.2) is 0 Å². The minimum atomic E-state index is 0. The maximum atomic E-state index is 4.67. The maximum absolute atomic E-state index is 4.67. The van der Waals surface area contributed by atoms with Crippen molar-refractivity contribution in [2.45, 2.75) is 0 Å². The minimum Gasteiger partial charge on any atom is 0 e. The second kappa shape index (κ2) is 16.6. The molecule has 0 radical (unpaired) electrons. The molecule has 0 N–H and O–H groups in total. The van der Waals surface area contributed by atoms with Crippen molar-refractivity contribution in [1.82, 2.24) is 0 Å². The van der Waals surface area contributed by atoms with Crippen LogP contribution in [-0.2, 0) is 33.6 Å². The molecule has 0 heterocycles. The van der Waals surface area contributed by atoms with Crippen LogP contribution in [0.3, 0.4) is 0 Å². The van der Waals surface area contributed by atoms with Crippen LogP contribution in [0.4, 0.5) is 0 Å². The Morgan fingerprint density at radius 2 is 1.20 bits per heavy atom. The monoisotopic (exact) mass is 275 g/mol. The van der Waals surface area contributed by atoms with Crippen molar-refractivity contribution >= 4 is 32.6 Å². The molecule has 0 rings (SSSR count). The van der Waals surface area contributed by atoms with Crippen LogP contribution in [0.1, 0.15) is 0 Å². The molecule has 0 aliphatic heterocycles. The first kappa shape index (κ1) is 15.7. The van der Waals surface area contributed by atoms with Crippen LogP contribution in [0, 0.1) is 0 Å². The van der Waals surface area contributed by atoms with E-state index in [1.165, 1.54) is 0 Å². The zero-order valence-corrected chi connectivity index (χ0v) is 6.61. The molecule has 0 fully saturated rings. The van der Waals surface area contributed by atoms with Crippen LogP contribution in [0.25, 0.3) is 0 Å². The average Bonchev–Trinajstić information content (AvgIpc) is 0.918. The van der Waals surface area contributed by atoms with Gasteiger partial charge in [0.25, 0.3) is 0 Å². The molecule has 0 atom stereocenters. The van der Waals surface area contributed by atoms with E-state index in [1.54, 1.807) is 0 Å². The fourth-order valence-electron chi connectivity index (χ4n) is 0. The second-order valence-electron chi connectivity index (χ2n) is 0.0431. The van der Waals surface area contributed by atoms with Crippen LogP contribution >= 0.6 is 32.6 Å².